The molecule has 0 amide bonds. The lowest BCUT2D eigenvalue weighted by atomic mass is 10.3. The van der Waals surface area contributed by atoms with Crippen molar-refractivity contribution in [3.05, 3.63) is 18.2 Å². The molecule has 0 fully saturated rings. The minimum Gasteiger partial charge on any atom is -0.437 e. The highest BCUT2D eigenvalue weighted by Crippen LogP contribution is 2.18. The molecular weight excluding hydrogens is 198 g/mol. The van der Waals surface area contributed by atoms with Gasteiger partial charge in [-0.15, -0.1) is 5.10 Å². The van der Waals surface area contributed by atoms with E-state index in [9.17, 15) is 4.79 Å². The number of ether oxygens (including phenoxy) is 2. The molecule has 78 valence electrons. The molecular formula is C9H9N3O3. The zero-order chi connectivity index (χ0) is 10.8. The van der Waals surface area contributed by atoms with E-state index < -0.39 is 6.16 Å². The van der Waals surface area contributed by atoms with Crippen LogP contribution < -0.4 is 4.74 Å². The summed E-state index contributed by atoms with van der Waals surface area (Å²) in [6, 6.07) is 5.05. The molecule has 0 unspecified atom stereocenters. The first-order valence-electron chi connectivity index (χ1n) is 4.26. The first-order valence-corrected chi connectivity index (χ1v) is 4.26. The first-order chi connectivity index (χ1) is 7.20. The molecule has 0 aliphatic heterocycles. The Kier molecular flexibility index (Phi) is 2.24. The van der Waals surface area contributed by atoms with Crippen LogP contribution in [0.1, 0.15) is 0 Å². The lowest BCUT2D eigenvalue weighted by molar-refractivity contribution is 0.121. The van der Waals surface area contributed by atoms with E-state index in [0.717, 1.165) is 5.52 Å². The SMILES string of the molecule is COC(=O)Oc1ccc2c(c1)nnn2C. The van der Waals surface area contributed by atoms with Crippen LogP contribution in [0, 0.1) is 0 Å². The summed E-state index contributed by atoms with van der Waals surface area (Å²) in [5.74, 6) is 0.384. The number of hydrogen-bond acceptors (Lipinski definition) is 5. The molecule has 0 spiro atoms. The Bertz CT molecular complexity index is 506. The second-order valence-corrected chi connectivity index (χ2v) is 2.92. The average molecular weight is 207 g/mol. The van der Waals surface area contributed by atoms with Gasteiger partial charge < -0.3 is 9.47 Å². The van der Waals surface area contributed by atoms with E-state index in [0.29, 0.717) is 11.3 Å². The Balaban J connectivity index is 2.35. The van der Waals surface area contributed by atoms with Gasteiger partial charge in [0.25, 0.3) is 0 Å². The fraction of sp³-hybridized carbons (Fsp3) is 0.222. The predicted octanol–water partition coefficient (Wildman–Crippen LogP) is 1.11. The van der Waals surface area contributed by atoms with Crippen LogP contribution in [0.5, 0.6) is 5.75 Å². The Morgan fingerprint density at radius 3 is 3.00 bits per heavy atom. The van der Waals surface area contributed by atoms with Gasteiger partial charge >= 0.3 is 6.16 Å². The molecule has 0 aliphatic carbocycles. The molecule has 0 saturated heterocycles. The Labute approximate surface area is 85.4 Å². The molecule has 1 aromatic heterocycles. The van der Waals surface area contributed by atoms with Crippen molar-refractivity contribution >= 4 is 17.2 Å². The van der Waals surface area contributed by atoms with Crippen molar-refractivity contribution in [2.75, 3.05) is 7.11 Å². The van der Waals surface area contributed by atoms with E-state index in [1.54, 1.807) is 29.9 Å². The van der Waals surface area contributed by atoms with E-state index in [-0.39, 0.29) is 0 Å². The van der Waals surface area contributed by atoms with E-state index in [1.807, 2.05) is 0 Å². The second-order valence-electron chi connectivity index (χ2n) is 2.92. The van der Waals surface area contributed by atoms with Crippen molar-refractivity contribution < 1.29 is 14.3 Å². The zero-order valence-corrected chi connectivity index (χ0v) is 8.30. The standard InChI is InChI=1S/C9H9N3O3/c1-12-8-4-3-6(15-9(13)14-2)5-7(8)10-11-12/h3-5H,1-2H3. The fourth-order valence-electron chi connectivity index (χ4n) is 1.22. The highest BCUT2D eigenvalue weighted by molar-refractivity contribution is 5.77. The van der Waals surface area contributed by atoms with E-state index in [2.05, 4.69) is 15.0 Å². The van der Waals surface area contributed by atoms with E-state index in [4.69, 9.17) is 4.74 Å². The monoisotopic (exact) mass is 207 g/mol. The first kappa shape index (κ1) is 9.45. The van der Waals surface area contributed by atoms with Crippen molar-refractivity contribution in [2.24, 2.45) is 7.05 Å². The predicted molar refractivity (Wildman–Crippen MR) is 51.5 cm³/mol. The van der Waals surface area contributed by atoms with Crippen LogP contribution in [-0.2, 0) is 11.8 Å². The molecule has 1 heterocycles. The topological polar surface area (TPSA) is 66.2 Å². The van der Waals surface area contributed by atoms with Crippen molar-refractivity contribution in [3.63, 3.8) is 0 Å². The van der Waals surface area contributed by atoms with E-state index >= 15 is 0 Å². The van der Waals surface area contributed by atoms with Gasteiger partial charge in [-0.3, -0.25) is 0 Å². The van der Waals surface area contributed by atoms with Gasteiger partial charge in [0.05, 0.1) is 12.6 Å². The summed E-state index contributed by atoms with van der Waals surface area (Å²) in [6.45, 7) is 0. The largest absolute Gasteiger partial charge is 0.513 e. The molecule has 1 aromatic carbocycles. The molecule has 2 aromatic rings. The van der Waals surface area contributed by atoms with Gasteiger partial charge in [0.2, 0.25) is 0 Å². The summed E-state index contributed by atoms with van der Waals surface area (Å²) < 4.78 is 10.8. The lowest BCUT2D eigenvalue weighted by Crippen LogP contribution is -2.06. The summed E-state index contributed by atoms with van der Waals surface area (Å²) >= 11 is 0. The third-order valence-corrected chi connectivity index (χ3v) is 1.95. The molecule has 6 nitrogen and oxygen atoms in total. The quantitative estimate of drug-likeness (QED) is 0.517. The maximum atomic E-state index is 10.8. The molecule has 0 radical (unpaired) electrons. The molecule has 15 heavy (non-hydrogen) atoms. The molecule has 6 heteroatoms. The van der Waals surface area contributed by atoms with Gasteiger partial charge in [-0.2, -0.15) is 0 Å². The number of fused-ring (bicyclic) bond motifs is 1. The third-order valence-electron chi connectivity index (χ3n) is 1.95. The summed E-state index contributed by atoms with van der Waals surface area (Å²) in [6.07, 6.45) is -0.752. The maximum Gasteiger partial charge on any atom is 0.513 e. The van der Waals surface area contributed by atoms with Crippen LogP contribution in [0.2, 0.25) is 0 Å². The van der Waals surface area contributed by atoms with E-state index in [1.165, 1.54) is 7.11 Å². The van der Waals surface area contributed by atoms with Crippen molar-refractivity contribution in [1.82, 2.24) is 15.0 Å². The van der Waals surface area contributed by atoms with Crippen LogP contribution in [0.4, 0.5) is 4.79 Å². The number of methoxy groups -OCH3 is 1. The number of aryl methyl sites for hydroxylation is 1. The number of hydrogen-bond donors (Lipinski definition) is 0. The van der Waals surface area contributed by atoms with Crippen molar-refractivity contribution in [1.29, 1.82) is 0 Å². The Hall–Kier alpha value is -2.11. The van der Waals surface area contributed by atoms with Gasteiger partial charge in [-0.05, 0) is 12.1 Å². The molecule has 2 rings (SSSR count). The minimum absolute atomic E-state index is 0.384. The number of benzene rings is 1. The number of aromatic nitrogens is 3. The number of nitrogens with zero attached hydrogens (tertiary/aromatic N) is 3. The van der Waals surface area contributed by atoms with Crippen LogP contribution >= 0.6 is 0 Å². The van der Waals surface area contributed by atoms with Crippen molar-refractivity contribution in [2.45, 2.75) is 0 Å². The molecule has 0 bridgehead atoms. The number of carbonyl (C=O) groups excluding carboxylic acids is 1. The summed E-state index contributed by atoms with van der Waals surface area (Å²) in [5.41, 5.74) is 1.53. The Morgan fingerprint density at radius 2 is 2.27 bits per heavy atom. The van der Waals surface area contributed by atoms with Crippen molar-refractivity contribution in [3.8, 4) is 5.75 Å². The normalized spacial score (nSPS) is 10.3. The van der Waals surface area contributed by atoms with Crippen LogP contribution in [0.15, 0.2) is 18.2 Å². The van der Waals surface area contributed by atoms with Gasteiger partial charge in [0, 0.05) is 13.1 Å². The second kappa shape index (κ2) is 3.56. The molecule has 0 saturated carbocycles. The smallest absolute Gasteiger partial charge is 0.437 e. The Morgan fingerprint density at radius 1 is 1.47 bits per heavy atom. The maximum absolute atomic E-state index is 10.8. The highest BCUT2D eigenvalue weighted by Gasteiger charge is 2.06. The van der Waals surface area contributed by atoms with Crippen LogP contribution in [0.25, 0.3) is 11.0 Å². The molecule has 0 atom stereocenters. The molecule has 0 N–H and O–H groups in total. The fourth-order valence-corrected chi connectivity index (χ4v) is 1.22. The number of rotatable bonds is 1. The van der Waals surface area contributed by atoms with Crippen LogP contribution in [-0.4, -0.2) is 28.3 Å². The highest BCUT2D eigenvalue weighted by atomic mass is 16.7. The van der Waals surface area contributed by atoms with Crippen LogP contribution in [0.3, 0.4) is 0 Å². The zero-order valence-electron chi connectivity index (χ0n) is 8.30. The summed E-state index contributed by atoms with van der Waals surface area (Å²) in [7, 11) is 3.04. The van der Waals surface area contributed by atoms with Gasteiger partial charge in [-0.25, -0.2) is 9.48 Å². The summed E-state index contributed by atoms with van der Waals surface area (Å²) in [5, 5.41) is 7.72. The minimum atomic E-state index is -0.752. The number of carbonyl (C=O) groups is 1. The van der Waals surface area contributed by atoms with Gasteiger partial charge in [-0.1, -0.05) is 5.21 Å². The summed E-state index contributed by atoms with van der Waals surface area (Å²) in [4.78, 5) is 10.8. The van der Waals surface area contributed by atoms with Gasteiger partial charge in [0.1, 0.15) is 11.3 Å². The third kappa shape index (κ3) is 1.74. The lowest BCUT2D eigenvalue weighted by Gasteiger charge is -2.01. The average Bonchev–Trinajstić information content (AvgIpc) is 2.60. The molecule has 0 aliphatic rings. The van der Waals surface area contributed by atoms with Gasteiger partial charge in [0.15, 0.2) is 0 Å².